The molecule has 2 heterocycles. The summed E-state index contributed by atoms with van der Waals surface area (Å²) in [6.45, 7) is 11.5. The van der Waals surface area contributed by atoms with Crippen molar-refractivity contribution in [3.05, 3.63) is 0 Å². The number of unbranched alkanes of at least 4 members (excludes halogenated alkanes) is 4. The van der Waals surface area contributed by atoms with Crippen LogP contribution in [0.15, 0.2) is 0 Å². The van der Waals surface area contributed by atoms with Crippen molar-refractivity contribution in [2.24, 2.45) is 5.92 Å². The molecule has 7 nitrogen and oxygen atoms in total. The van der Waals surface area contributed by atoms with Gasteiger partial charge in [-0.2, -0.15) is 9.97 Å². The van der Waals surface area contributed by atoms with Crippen LogP contribution in [0.1, 0.15) is 86.0 Å². The number of piperidine rings is 1. The lowest BCUT2D eigenvalue weighted by Gasteiger charge is -2.48. The van der Waals surface area contributed by atoms with Gasteiger partial charge in [0.25, 0.3) is 0 Å². The van der Waals surface area contributed by atoms with Gasteiger partial charge in [-0.3, -0.25) is 0 Å². The zero-order chi connectivity index (χ0) is 21.5. The zero-order valence-electron chi connectivity index (χ0n) is 19.5. The monoisotopic (exact) mass is 407 g/mol. The fourth-order valence-electron chi connectivity index (χ4n) is 4.83. The van der Waals surface area contributed by atoms with Crippen LogP contribution >= 0.6 is 0 Å². The summed E-state index contributed by atoms with van der Waals surface area (Å²) in [5, 5.41) is 7.41. The second-order valence-corrected chi connectivity index (χ2v) is 9.65. The third kappa shape index (κ3) is 7.61. The van der Waals surface area contributed by atoms with E-state index in [0.717, 1.165) is 19.3 Å². The first-order chi connectivity index (χ1) is 13.7. The normalized spacial score (nSPS) is 19.6. The maximum absolute atomic E-state index is 5.22. The van der Waals surface area contributed by atoms with E-state index in [4.69, 9.17) is 9.47 Å². The number of hydrogen-bond donors (Lipinski definition) is 2. The van der Waals surface area contributed by atoms with Crippen LogP contribution in [0.3, 0.4) is 0 Å². The van der Waals surface area contributed by atoms with E-state index in [1.165, 1.54) is 32.1 Å². The van der Waals surface area contributed by atoms with Crippen molar-refractivity contribution < 1.29 is 9.47 Å². The number of rotatable bonds is 11. The van der Waals surface area contributed by atoms with Gasteiger partial charge in [0.05, 0.1) is 14.2 Å². The van der Waals surface area contributed by atoms with Gasteiger partial charge >= 0.3 is 12.0 Å². The number of methoxy groups -OCH3 is 2. The Kier molecular flexibility index (Phi) is 8.49. The Morgan fingerprint density at radius 2 is 1.48 bits per heavy atom. The molecule has 0 bridgehead atoms. The molecule has 7 heteroatoms. The molecular weight excluding hydrogens is 366 g/mol. The van der Waals surface area contributed by atoms with E-state index in [-0.39, 0.29) is 23.1 Å². The van der Waals surface area contributed by atoms with Crippen LogP contribution in [0.25, 0.3) is 0 Å². The summed E-state index contributed by atoms with van der Waals surface area (Å²) >= 11 is 0. The van der Waals surface area contributed by atoms with Gasteiger partial charge < -0.3 is 20.1 Å². The molecule has 2 N–H and O–H groups in total. The third-order valence-electron chi connectivity index (χ3n) is 5.68. The Balaban J connectivity index is 2.18. The minimum atomic E-state index is 0.100. The first kappa shape index (κ1) is 23.6. The summed E-state index contributed by atoms with van der Waals surface area (Å²) < 4.78 is 10.4. The van der Waals surface area contributed by atoms with Gasteiger partial charge in [0.1, 0.15) is 0 Å². The van der Waals surface area contributed by atoms with Crippen molar-refractivity contribution in [3.8, 4) is 12.0 Å². The minimum Gasteiger partial charge on any atom is -0.467 e. The highest BCUT2D eigenvalue weighted by Crippen LogP contribution is 2.37. The second kappa shape index (κ2) is 10.4. The number of nitrogens with zero attached hydrogens (tertiary/aromatic N) is 3. The van der Waals surface area contributed by atoms with E-state index in [9.17, 15) is 0 Å². The molecule has 1 atom stereocenters. The Bertz CT molecular complexity index is 597. The number of hydrogen-bond acceptors (Lipinski definition) is 7. The lowest BCUT2D eigenvalue weighted by molar-refractivity contribution is 0.114. The molecule has 0 aromatic carbocycles. The van der Waals surface area contributed by atoms with Gasteiger partial charge in [0.15, 0.2) is 0 Å². The van der Waals surface area contributed by atoms with Gasteiger partial charge in [0, 0.05) is 17.1 Å². The van der Waals surface area contributed by atoms with Gasteiger partial charge in [-0.1, -0.05) is 39.0 Å². The van der Waals surface area contributed by atoms with Crippen LogP contribution in [-0.2, 0) is 0 Å². The van der Waals surface area contributed by atoms with Crippen molar-refractivity contribution in [3.63, 3.8) is 0 Å². The standard InChI is InChI=1S/C22H41N5O2/c1-8-9-10-11-12-13-17(16-14-21(2,3)27-22(4,5)15-16)23-18-24-19(28-6)26-20(25-18)29-7/h16-17,27H,8-15H2,1-7H3,(H,23,24,25,26). The highest BCUT2D eigenvalue weighted by molar-refractivity contribution is 5.29. The predicted molar refractivity (Wildman–Crippen MR) is 118 cm³/mol. The molecule has 0 spiro atoms. The number of ether oxygens (including phenoxy) is 2. The molecule has 166 valence electrons. The smallest absolute Gasteiger partial charge is 0.324 e. The Hall–Kier alpha value is -1.63. The van der Waals surface area contributed by atoms with Crippen LogP contribution in [0, 0.1) is 5.92 Å². The molecule has 0 saturated carbocycles. The van der Waals surface area contributed by atoms with Gasteiger partial charge in [-0.05, 0) is 52.9 Å². The SMILES string of the molecule is CCCCCCCC(Nc1nc(OC)nc(OC)n1)C1CC(C)(C)NC(C)(C)C1. The van der Waals surface area contributed by atoms with Crippen LogP contribution in [0.2, 0.25) is 0 Å². The molecule has 29 heavy (non-hydrogen) atoms. The fourth-order valence-corrected chi connectivity index (χ4v) is 4.83. The van der Waals surface area contributed by atoms with Crippen molar-refractivity contribution >= 4 is 5.95 Å². The Labute approximate surface area is 176 Å². The lowest BCUT2D eigenvalue weighted by atomic mass is 9.72. The van der Waals surface area contributed by atoms with E-state index in [0.29, 0.717) is 17.9 Å². The van der Waals surface area contributed by atoms with E-state index in [1.807, 2.05) is 0 Å². The molecule has 0 aliphatic carbocycles. The number of nitrogens with one attached hydrogen (secondary N) is 2. The van der Waals surface area contributed by atoms with Crippen molar-refractivity contribution in [1.82, 2.24) is 20.3 Å². The molecular formula is C22H41N5O2. The van der Waals surface area contributed by atoms with Crippen LogP contribution in [-0.4, -0.2) is 46.3 Å². The molecule has 1 fully saturated rings. The summed E-state index contributed by atoms with van der Waals surface area (Å²) in [6.07, 6.45) is 9.70. The average molecular weight is 408 g/mol. The number of anilines is 1. The van der Waals surface area contributed by atoms with E-state index in [1.54, 1.807) is 14.2 Å². The molecule has 0 amide bonds. The maximum atomic E-state index is 5.22. The van der Waals surface area contributed by atoms with Crippen LogP contribution < -0.4 is 20.1 Å². The molecule has 1 aromatic rings. The quantitative estimate of drug-likeness (QED) is 0.519. The van der Waals surface area contributed by atoms with Crippen molar-refractivity contribution in [1.29, 1.82) is 0 Å². The lowest BCUT2D eigenvalue weighted by Crippen LogP contribution is -2.59. The fraction of sp³-hybridized carbons (Fsp3) is 0.864. The predicted octanol–water partition coefficient (Wildman–Crippen LogP) is 4.59. The third-order valence-corrected chi connectivity index (χ3v) is 5.68. The van der Waals surface area contributed by atoms with Gasteiger partial charge in [-0.25, -0.2) is 0 Å². The second-order valence-electron chi connectivity index (χ2n) is 9.65. The van der Waals surface area contributed by atoms with E-state index < -0.39 is 0 Å². The first-order valence-corrected chi connectivity index (χ1v) is 11.1. The summed E-state index contributed by atoms with van der Waals surface area (Å²) in [5.41, 5.74) is 0.200. The summed E-state index contributed by atoms with van der Waals surface area (Å²) in [7, 11) is 3.11. The Morgan fingerprint density at radius 3 is 2.00 bits per heavy atom. The highest BCUT2D eigenvalue weighted by Gasteiger charge is 2.40. The first-order valence-electron chi connectivity index (χ1n) is 11.1. The molecule has 0 radical (unpaired) electrons. The highest BCUT2D eigenvalue weighted by atomic mass is 16.5. The van der Waals surface area contributed by atoms with Crippen LogP contribution in [0.5, 0.6) is 12.0 Å². The largest absolute Gasteiger partial charge is 0.467 e. The van der Waals surface area contributed by atoms with Crippen LogP contribution in [0.4, 0.5) is 5.95 Å². The Morgan fingerprint density at radius 1 is 0.931 bits per heavy atom. The van der Waals surface area contributed by atoms with Crippen molar-refractivity contribution in [2.45, 2.75) is 103 Å². The molecule has 2 rings (SSSR count). The van der Waals surface area contributed by atoms with Gasteiger partial charge in [-0.15, -0.1) is 4.98 Å². The summed E-state index contributed by atoms with van der Waals surface area (Å²) in [4.78, 5) is 12.9. The minimum absolute atomic E-state index is 0.100. The molecule has 1 aliphatic heterocycles. The zero-order valence-corrected chi connectivity index (χ0v) is 19.5. The molecule has 1 aliphatic rings. The maximum Gasteiger partial charge on any atom is 0.324 e. The molecule has 1 unspecified atom stereocenters. The number of aromatic nitrogens is 3. The summed E-state index contributed by atoms with van der Waals surface area (Å²) in [5.74, 6) is 1.06. The van der Waals surface area contributed by atoms with E-state index in [2.05, 4.69) is 60.2 Å². The summed E-state index contributed by atoms with van der Waals surface area (Å²) in [6, 6.07) is 0.841. The molecule has 1 aromatic heterocycles. The molecule has 1 saturated heterocycles. The average Bonchev–Trinajstić information content (AvgIpc) is 2.64. The van der Waals surface area contributed by atoms with Gasteiger partial charge in [0.2, 0.25) is 5.95 Å². The van der Waals surface area contributed by atoms with Crippen molar-refractivity contribution in [2.75, 3.05) is 19.5 Å². The van der Waals surface area contributed by atoms with E-state index >= 15 is 0 Å². The topological polar surface area (TPSA) is 81.2 Å².